The zero-order valence-electron chi connectivity index (χ0n) is 11.0. The van der Waals surface area contributed by atoms with Crippen LogP contribution in [0.1, 0.15) is 30.0 Å². The zero-order chi connectivity index (χ0) is 13.5. The van der Waals surface area contributed by atoms with Crippen LogP contribution in [-0.4, -0.2) is 10.2 Å². The highest BCUT2D eigenvalue weighted by molar-refractivity contribution is 5.46. The topological polar surface area (TPSA) is 40.5 Å². The molecular formula is C17H18O2. The number of phenols is 1. The van der Waals surface area contributed by atoms with Gasteiger partial charge in [0.25, 0.3) is 0 Å². The molecule has 0 saturated heterocycles. The van der Waals surface area contributed by atoms with Crippen molar-refractivity contribution in [2.45, 2.75) is 25.4 Å². The van der Waals surface area contributed by atoms with Gasteiger partial charge in [-0.25, -0.2) is 0 Å². The van der Waals surface area contributed by atoms with Gasteiger partial charge in [0, 0.05) is 0 Å². The number of benzene rings is 2. The van der Waals surface area contributed by atoms with Crippen LogP contribution in [0, 0.1) is 5.92 Å². The number of aryl methyl sites for hydroxylation is 1. The molecule has 2 unspecified atom stereocenters. The van der Waals surface area contributed by atoms with Gasteiger partial charge in [0.15, 0.2) is 0 Å². The van der Waals surface area contributed by atoms with Crippen LogP contribution in [0.4, 0.5) is 0 Å². The van der Waals surface area contributed by atoms with Crippen molar-refractivity contribution in [1.82, 2.24) is 0 Å². The molecule has 3 rings (SSSR count). The van der Waals surface area contributed by atoms with Gasteiger partial charge in [0.1, 0.15) is 11.4 Å². The zero-order valence-corrected chi connectivity index (χ0v) is 11.0. The molecule has 98 valence electrons. The summed E-state index contributed by atoms with van der Waals surface area (Å²) in [5.74, 6) is 0.427. The summed E-state index contributed by atoms with van der Waals surface area (Å²) in [7, 11) is 0. The highest BCUT2D eigenvalue weighted by atomic mass is 16.3. The van der Waals surface area contributed by atoms with E-state index in [9.17, 15) is 10.2 Å². The second-order valence-electron chi connectivity index (χ2n) is 5.41. The molecule has 0 spiro atoms. The van der Waals surface area contributed by atoms with E-state index in [2.05, 4.69) is 6.92 Å². The lowest BCUT2D eigenvalue weighted by Gasteiger charge is -2.40. The molecule has 0 heterocycles. The summed E-state index contributed by atoms with van der Waals surface area (Å²) in [6.07, 6.45) is 1.82. The molecule has 2 atom stereocenters. The molecule has 0 bridgehead atoms. The summed E-state index contributed by atoms with van der Waals surface area (Å²) in [5.41, 5.74) is 1.94. The first-order valence-electron chi connectivity index (χ1n) is 6.72. The third-order valence-corrected chi connectivity index (χ3v) is 4.27. The van der Waals surface area contributed by atoms with Crippen molar-refractivity contribution in [3.63, 3.8) is 0 Å². The van der Waals surface area contributed by atoms with Gasteiger partial charge >= 0.3 is 0 Å². The maximum Gasteiger partial charge on any atom is 0.117 e. The van der Waals surface area contributed by atoms with Gasteiger partial charge in [0.2, 0.25) is 0 Å². The van der Waals surface area contributed by atoms with Crippen molar-refractivity contribution in [2.24, 2.45) is 5.92 Å². The summed E-state index contributed by atoms with van der Waals surface area (Å²) in [4.78, 5) is 0. The van der Waals surface area contributed by atoms with Crippen LogP contribution in [0.15, 0.2) is 48.5 Å². The van der Waals surface area contributed by atoms with Gasteiger partial charge in [-0.15, -0.1) is 0 Å². The molecule has 2 heteroatoms. The van der Waals surface area contributed by atoms with Gasteiger partial charge in [0.05, 0.1) is 0 Å². The average Bonchev–Trinajstić information content (AvgIpc) is 2.44. The minimum atomic E-state index is -0.956. The smallest absolute Gasteiger partial charge is 0.117 e. The van der Waals surface area contributed by atoms with Crippen LogP contribution in [0.25, 0.3) is 0 Å². The van der Waals surface area contributed by atoms with Crippen LogP contribution in [0.5, 0.6) is 5.75 Å². The van der Waals surface area contributed by atoms with E-state index in [-0.39, 0.29) is 11.7 Å². The van der Waals surface area contributed by atoms with Gasteiger partial charge < -0.3 is 10.2 Å². The number of hydrogen-bond donors (Lipinski definition) is 2. The summed E-state index contributed by atoms with van der Waals surface area (Å²) in [6, 6.07) is 15.1. The minimum Gasteiger partial charge on any atom is -0.508 e. The number of aromatic hydroxyl groups is 1. The maximum atomic E-state index is 11.3. The SMILES string of the molecule is CC1CCc2cc(O)ccc2C1(O)c1ccccc1. The first-order chi connectivity index (χ1) is 9.12. The fraction of sp³-hybridized carbons (Fsp3) is 0.294. The lowest BCUT2D eigenvalue weighted by atomic mass is 9.69. The number of fused-ring (bicyclic) bond motifs is 1. The highest BCUT2D eigenvalue weighted by Gasteiger charge is 2.41. The largest absolute Gasteiger partial charge is 0.508 e. The molecule has 2 aromatic carbocycles. The first-order valence-corrected chi connectivity index (χ1v) is 6.72. The molecule has 0 fully saturated rings. The Labute approximate surface area is 113 Å². The van der Waals surface area contributed by atoms with Gasteiger partial charge in [-0.05, 0) is 47.6 Å². The van der Waals surface area contributed by atoms with Gasteiger partial charge in [-0.3, -0.25) is 0 Å². The number of hydrogen-bond acceptors (Lipinski definition) is 2. The Bertz CT molecular complexity index is 591. The predicted octanol–water partition coefficient (Wildman–Crippen LogP) is 3.21. The van der Waals surface area contributed by atoms with E-state index in [0.717, 1.165) is 29.5 Å². The van der Waals surface area contributed by atoms with Crippen LogP contribution in [0.3, 0.4) is 0 Å². The van der Waals surface area contributed by atoms with Crippen LogP contribution < -0.4 is 0 Å². The van der Waals surface area contributed by atoms with E-state index < -0.39 is 5.60 Å². The molecular weight excluding hydrogens is 236 g/mol. The van der Waals surface area contributed by atoms with Crippen LogP contribution >= 0.6 is 0 Å². The quantitative estimate of drug-likeness (QED) is 0.820. The third kappa shape index (κ3) is 1.83. The van der Waals surface area contributed by atoms with E-state index in [1.165, 1.54) is 0 Å². The normalized spacial score (nSPS) is 25.9. The highest BCUT2D eigenvalue weighted by Crippen LogP contribution is 2.44. The first kappa shape index (κ1) is 12.2. The fourth-order valence-electron chi connectivity index (χ4n) is 3.14. The minimum absolute atomic E-state index is 0.159. The average molecular weight is 254 g/mol. The molecule has 2 N–H and O–H groups in total. The van der Waals surface area contributed by atoms with Crippen molar-refractivity contribution in [2.75, 3.05) is 0 Å². The predicted molar refractivity (Wildman–Crippen MR) is 75.0 cm³/mol. The molecule has 2 aromatic rings. The Morgan fingerprint density at radius 3 is 2.58 bits per heavy atom. The summed E-state index contributed by atoms with van der Waals surface area (Å²) >= 11 is 0. The molecule has 2 nitrogen and oxygen atoms in total. The second-order valence-corrected chi connectivity index (χ2v) is 5.41. The number of rotatable bonds is 1. The molecule has 1 aliphatic rings. The van der Waals surface area contributed by atoms with Crippen molar-refractivity contribution in [1.29, 1.82) is 0 Å². The Morgan fingerprint density at radius 1 is 1.11 bits per heavy atom. The van der Waals surface area contributed by atoms with Crippen LogP contribution in [-0.2, 0) is 12.0 Å². The van der Waals surface area contributed by atoms with Crippen molar-refractivity contribution < 1.29 is 10.2 Å². The number of phenolic OH excluding ortho intramolecular Hbond substituents is 1. The Morgan fingerprint density at radius 2 is 1.84 bits per heavy atom. The Balaban J connectivity index is 2.21. The summed E-state index contributed by atoms with van der Waals surface area (Å²) < 4.78 is 0. The van der Waals surface area contributed by atoms with E-state index in [4.69, 9.17) is 0 Å². The van der Waals surface area contributed by atoms with E-state index in [0.29, 0.717) is 0 Å². The van der Waals surface area contributed by atoms with Crippen molar-refractivity contribution in [3.05, 3.63) is 65.2 Å². The Kier molecular flexibility index (Phi) is 2.83. The maximum absolute atomic E-state index is 11.3. The Hall–Kier alpha value is -1.80. The van der Waals surface area contributed by atoms with Gasteiger partial charge in [-0.1, -0.05) is 43.3 Å². The lowest BCUT2D eigenvalue weighted by molar-refractivity contribution is 0.0124. The molecule has 1 aliphatic carbocycles. The molecule has 0 aromatic heterocycles. The molecule has 0 aliphatic heterocycles. The summed E-state index contributed by atoms with van der Waals surface area (Å²) in [6.45, 7) is 2.09. The standard InChI is InChI=1S/C17H18O2/c1-12-7-8-13-11-15(18)9-10-16(13)17(12,19)14-5-3-2-4-6-14/h2-6,9-12,18-19H,7-8H2,1H3. The molecule has 0 radical (unpaired) electrons. The third-order valence-electron chi connectivity index (χ3n) is 4.27. The number of aliphatic hydroxyl groups is 1. The van der Waals surface area contributed by atoms with Crippen molar-refractivity contribution >= 4 is 0 Å². The van der Waals surface area contributed by atoms with Crippen molar-refractivity contribution in [3.8, 4) is 5.75 Å². The van der Waals surface area contributed by atoms with E-state index >= 15 is 0 Å². The van der Waals surface area contributed by atoms with Crippen LogP contribution in [0.2, 0.25) is 0 Å². The molecule has 19 heavy (non-hydrogen) atoms. The summed E-state index contributed by atoms with van der Waals surface area (Å²) in [5, 5.41) is 20.9. The van der Waals surface area contributed by atoms with E-state index in [1.54, 1.807) is 12.1 Å². The lowest BCUT2D eigenvalue weighted by Crippen LogP contribution is -2.39. The van der Waals surface area contributed by atoms with E-state index in [1.807, 2.05) is 36.4 Å². The monoisotopic (exact) mass is 254 g/mol. The molecule has 0 amide bonds. The van der Waals surface area contributed by atoms with Gasteiger partial charge in [-0.2, -0.15) is 0 Å². The second kappa shape index (κ2) is 4.39. The molecule has 0 saturated carbocycles. The fourth-order valence-corrected chi connectivity index (χ4v) is 3.14.